The third kappa shape index (κ3) is 4.24. The molecule has 0 spiro atoms. The van der Waals surface area contributed by atoms with Crippen molar-refractivity contribution in [2.24, 2.45) is 5.92 Å². The standard InChI is InChI=1S/C16H19F3N2O2/c1-2-20-14(22)12-6-4-8-21(10-12)15(23)11-5-3-7-13(9-11)16(17,18)19/h3,5,7,9,12H,2,4,6,8,10H2,1H3,(H,20,22)/t12-/m0/s1. The van der Waals surface area contributed by atoms with Crippen molar-refractivity contribution in [1.82, 2.24) is 10.2 Å². The highest BCUT2D eigenvalue weighted by atomic mass is 19.4. The van der Waals surface area contributed by atoms with Crippen molar-refractivity contribution in [1.29, 1.82) is 0 Å². The molecule has 1 aliphatic rings. The molecule has 1 aromatic carbocycles. The first kappa shape index (κ1) is 17.3. The predicted molar refractivity (Wildman–Crippen MR) is 78.8 cm³/mol. The molecular weight excluding hydrogens is 309 g/mol. The zero-order chi connectivity index (χ0) is 17.0. The lowest BCUT2D eigenvalue weighted by molar-refractivity contribution is -0.137. The molecule has 2 amide bonds. The highest BCUT2D eigenvalue weighted by Crippen LogP contribution is 2.30. The van der Waals surface area contributed by atoms with Crippen LogP contribution in [0.3, 0.4) is 0 Å². The Morgan fingerprint density at radius 2 is 2.09 bits per heavy atom. The first-order valence-electron chi connectivity index (χ1n) is 7.57. The van der Waals surface area contributed by atoms with Gasteiger partial charge in [-0.05, 0) is 38.0 Å². The van der Waals surface area contributed by atoms with Crippen LogP contribution in [-0.4, -0.2) is 36.3 Å². The van der Waals surface area contributed by atoms with Crippen LogP contribution in [0, 0.1) is 5.92 Å². The number of carbonyl (C=O) groups is 2. The van der Waals surface area contributed by atoms with Gasteiger partial charge in [0.1, 0.15) is 0 Å². The fourth-order valence-electron chi connectivity index (χ4n) is 2.71. The molecule has 23 heavy (non-hydrogen) atoms. The third-order valence-corrected chi connectivity index (χ3v) is 3.87. The van der Waals surface area contributed by atoms with Crippen LogP contribution in [0.4, 0.5) is 13.2 Å². The molecule has 1 atom stereocenters. The van der Waals surface area contributed by atoms with Crippen molar-refractivity contribution in [3.63, 3.8) is 0 Å². The molecule has 0 saturated carbocycles. The molecule has 0 aliphatic carbocycles. The highest BCUT2D eigenvalue weighted by molar-refractivity contribution is 5.95. The number of rotatable bonds is 3. The van der Waals surface area contributed by atoms with E-state index in [-0.39, 0.29) is 23.9 Å². The van der Waals surface area contributed by atoms with E-state index in [2.05, 4.69) is 5.32 Å². The Morgan fingerprint density at radius 3 is 2.74 bits per heavy atom. The first-order valence-corrected chi connectivity index (χ1v) is 7.57. The number of piperidine rings is 1. The number of halogens is 3. The van der Waals surface area contributed by atoms with Gasteiger partial charge in [-0.1, -0.05) is 6.07 Å². The van der Waals surface area contributed by atoms with Crippen molar-refractivity contribution < 1.29 is 22.8 Å². The van der Waals surface area contributed by atoms with E-state index in [0.29, 0.717) is 25.9 Å². The molecule has 0 aromatic heterocycles. The van der Waals surface area contributed by atoms with Gasteiger partial charge in [0.2, 0.25) is 5.91 Å². The summed E-state index contributed by atoms with van der Waals surface area (Å²) < 4.78 is 38.2. The van der Waals surface area contributed by atoms with E-state index >= 15 is 0 Å². The molecule has 1 N–H and O–H groups in total. The van der Waals surface area contributed by atoms with Gasteiger partial charge < -0.3 is 10.2 Å². The Hall–Kier alpha value is -2.05. The summed E-state index contributed by atoms with van der Waals surface area (Å²) in [5, 5.41) is 2.72. The predicted octanol–water partition coefficient (Wildman–Crippen LogP) is 2.69. The lowest BCUT2D eigenvalue weighted by Gasteiger charge is -2.32. The molecule has 126 valence electrons. The van der Waals surface area contributed by atoms with Crippen LogP contribution < -0.4 is 5.32 Å². The molecule has 7 heteroatoms. The van der Waals surface area contributed by atoms with Gasteiger partial charge in [-0.15, -0.1) is 0 Å². The number of benzene rings is 1. The fourth-order valence-corrected chi connectivity index (χ4v) is 2.71. The Labute approximate surface area is 132 Å². The molecule has 0 radical (unpaired) electrons. The van der Waals surface area contributed by atoms with Crippen LogP contribution in [0.5, 0.6) is 0 Å². The van der Waals surface area contributed by atoms with Crippen LogP contribution in [-0.2, 0) is 11.0 Å². The molecule has 1 fully saturated rings. The lowest BCUT2D eigenvalue weighted by Crippen LogP contribution is -2.45. The quantitative estimate of drug-likeness (QED) is 0.927. The number of nitrogens with one attached hydrogen (secondary N) is 1. The molecule has 0 bridgehead atoms. The van der Waals surface area contributed by atoms with Crippen molar-refractivity contribution in [3.05, 3.63) is 35.4 Å². The molecule has 1 aliphatic heterocycles. The summed E-state index contributed by atoms with van der Waals surface area (Å²) in [6.45, 7) is 3.01. The van der Waals surface area contributed by atoms with Crippen molar-refractivity contribution in [3.8, 4) is 0 Å². The Kier molecular flexibility index (Phi) is 5.28. The monoisotopic (exact) mass is 328 g/mol. The van der Waals surface area contributed by atoms with Crippen LogP contribution in [0.1, 0.15) is 35.7 Å². The van der Waals surface area contributed by atoms with Crippen molar-refractivity contribution in [2.45, 2.75) is 25.9 Å². The molecule has 4 nitrogen and oxygen atoms in total. The molecule has 2 rings (SSSR count). The van der Waals surface area contributed by atoms with Crippen LogP contribution in [0.2, 0.25) is 0 Å². The largest absolute Gasteiger partial charge is 0.416 e. The van der Waals surface area contributed by atoms with Gasteiger partial charge >= 0.3 is 6.18 Å². The summed E-state index contributed by atoms with van der Waals surface area (Å²) >= 11 is 0. The zero-order valence-corrected chi connectivity index (χ0v) is 12.8. The molecule has 0 unspecified atom stereocenters. The zero-order valence-electron chi connectivity index (χ0n) is 12.8. The van der Waals surface area contributed by atoms with E-state index in [9.17, 15) is 22.8 Å². The highest BCUT2D eigenvalue weighted by Gasteiger charge is 2.32. The van der Waals surface area contributed by atoms with E-state index in [1.165, 1.54) is 17.0 Å². The van der Waals surface area contributed by atoms with Crippen molar-refractivity contribution >= 4 is 11.8 Å². The van der Waals surface area contributed by atoms with Crippen LogP contribution >= 0.6 is 0 Å². The summed E-state index contributed by atoms with van der Waals surface area (Å²) in [6.07, 6.45) is -3.15. The van der Waals surface area contributed by atoms with Crippen molar-refractivity contribution in [2.75, 3.05) is 19.6 Å². The third-order valence-electron chi connectivity index (χ3n) is 3.87. The summed E-state index contributed by atoms with van der Waals surface area (Å²) in [5.41, 5.74) is -0.850. The van der Waals surface area contributed by atoms with Gasteiger partial charge in [0, 0.05) is 25.2 Å². The van der Waals surface area contributed by atoms with Gasteiger partial charge in [-0.2, -0.15) is 13.2 Å². The van der Waals surface area contributed by atoms with Crippen LogP contribution in [0.15, 0.2) is 24.3 Å². The topological polar surface area (TPSA) is 49.4 Å². The van der Waals surface area contributed by atoms with E-state index in [0.717, 1.165) is 12.1 Å². The summed E-state index contributed by atoms with van der Waals surface area (Å²) in [5.74, 6) is -0.891. The number of nitrogens with zero attached hydrogens (tertiary/aromatic N) is 1. The molecular formula is C16H19F3N2O2. The number of hydrogen-bond acceptors (Lipinski definition) is 2. The Bertz CT molecular complexity index is 587. The van der Waals surface area contributed by atoms with Gasteiger partial charge in [0.05, 0.1) is 11.5 Å². The van der Waals surface area contributed by atoms with Gasteiger partial charge in [-0.25, -0.2) is 0 Å². The maximum Gasteiger partial charge on any atom is 0.416 e. The smallest absolute Gasteiger partial charge is 0.356 e. The normalized spacial score (nSPS) is 18.6. The Morgan fingerprint density at radius 1 is 1.35 bits per heavy atom. The summed E-state index contributed by atoms with van der Waals surface area (Å²) in [7, 11) is 0. The lowest BCUT2D eigenvalue weighted by atomic mass is 9.96. The molecule has 1 aromatic rings. The second-order valence-corrected chi connectivity index (χ2v) is 5.56. The SMILES string of the molecule is CCNC(=O)[C@H]1CCCN(C(=O)c2cccc(C(F)(F)F)c2)C1. The Balaban J connectivity index is 2.12. The maximum absolute atomic E-state index is 12.7. The fraction of sp³-hybridized carbons (Fsp3) is 0.500. The minimum atomic E-state index is -4.48. The van der Waals surface area contributed by atoms with Gasteiger partial charge in [0.15, 0.2) is 0 Å². The average Bonchev–Trinajstić information content (AvgIpc) is 2.54. The number of likely N-dealkylation sites (tertiary alicyclic amines) is 1. The van der Waals surface area contributed by atoms with E-state index < -0.39 is 17.6 Å². The second-order valence-electron chi connectivity index (χ2n) is 5.56. The first-order chi connectivity index (χ1) is 10.8. The van der Waals surface area contributed by atoms with Crippen LogP contribution in [0.25, 0.3) is 0 Å². The second kappa shape index (κ2) is 7.02. The minimum Gasteiger partial charge on any atom is -0.356 e. The number of alkyl halides is 3. The van der Waals surface area contributed by atoms with Gasteiger partial charge in [-0.3, -0.25) is 9.59 Å². The number of carbonyl (C=O) groups excluding carboxylic acids is 2. The summed E-state index contributed by atoms with van der Waals surface area (Å²) in [6, 6.07) is 4.39. The number of hydrogen-bond donors (Lipinski definition) is 1. The maximum atomic E-state index is 12.7. The molecule has 1 saturated heterocycles. The van der Waals surface area contributed by atoms with Gasteiger partial charge in [0.25, 0.3) is 5.91 Å². The van der Waals surface area contributed by atoms with E-state index in [1.807, 2.05) is 6.92 Å². The molecule has 1 heterocycles. The van der Waals surface area contributed by atoms with E-state index in [4.69, 9.17) is 0 Å². The number of amides is 2. The summed E-state index contributed by atoms with van der Waals surface area (Å²) in [4.78, 5) is 25.8. The van der Waals surface area contributed by atoms with E-state index in [1.54, 1.807) is 0 Å². The average molecular weight is 328 g/mol. The minimum absolute atomic E-state index is 0.00336.